The first-order valence-corrected chi connectivity index (χ1v) is 10.3. The standard InChI is InChI=1S/C17H30N4O5S/c1-7-21(8-2)27(24,25)13-11-14(20(6)12-13)15(22)18-9-10-19-16(23)26-17(3,4)5/h11-12H,7-10H2,1-6H3,(H,18,22)(H,19,23). The van der Waals surface area contributed by atoms with Gasteiger partial charge in [0, 0.05) is 39.4 Å². The van der Waals surface area contributed by atoms with Crippen LogP contribution in [0.3, 0.4) is 0 Å². The van der Waals surface area contributed by atoms with Crippen LogP contribution in [-0.4, -0.2) is 61.1 Å². The highest BCUT2D eigenvalue weighted by Crippen LogP contribution is 2.18. The van der Waals surface area contributed by atoms with Gasteiger partial charge < -0.3 is 19.9 Å². The highest BCUT2D eigenvalue weighted by Gasteiger charge is 2.25. The number of amides is 2. The molecule has 0 saturated carbocycles. The smallest absolute Gasteiger partial charge is 0.407 e. The summed E-state index contributed by atoms with van der Waals surface area (Å²) in [4.78, 5) is 23.9. The van der Waals surface area contributed by atoms with Gasteiger partial charge in [-0.1, -0.05) is 13.8 Å². The lowest BCUT2D eigenvalue weighted by atomic mass is 10.2. The van der Waals surface area contributed by atoms with Crippen LogP contribution in [0.25, 0.3) is 0 Å². The second kappa shape index (κ2) is 9.23. The fourth-order valence-electron chi connectivity index (χ4n) is 2.36. The minimum atomic E-state index is -3.63. The highest BCUT2D eigenvalue weighted by molar-refractivity contribution is 7.89. The minimum Gasteiger partial charge on any atom is -0.444 e. The quantitative estimate of drug-likeness (QED) is 0.637. The predicted octanol–water partition coefficient (Wildman–Crippen LogP) is 1.31. The van der Waals surface area contributed by atoms with Crippen molar-refractivity contribution in [1.29, 1.82) is 0 Å². The van der Waals surface area contributed by atoms with Gasteiger partial charge in [-0.25, -0.2) is 13.2 Å². The molecule has 9 nitrogen and oxygen atoms in total. The van der Waals surface area contributed by atoms with E-state index in [9.17, 15) is 18.0 Å². The molecule has 1 aromatic heterocycles. The Labute approximate surface area is 161 Å². The molecule has 0 saturated heterocycles. The number of carbonyl (C=O) groups is 2. The highest BCUT2D eigenvalue weighted by atomic mass is 32.2. The molecule has 1 heterocycles. The predicted molar refractivity (Wildman–Crippen MR) is 102 cm³/mol. The third-order valence-corrected chi connectivity index (χ3v) is 5.65. The van der Waals surface area contributed by atoms with Crippen LogP contribution in [0.15, 0.2) is 17.2 Å². The monoisotopic (exact) mass is 402 g/mol. The molecule has 0 radical (unpaired) electrons. The van der Waals surface area contributed by atoms with Gasteiger partial charge in [0.05, 0.1) is 0 Å². The van der Waals surface area contributed by atoms with E-state index in [-0.39, 0.29) is 23.7 Å². The summed E-state index contributed by atoms with van der Waals surface area (Å²) in [5, 5.41) is 5.18. The zero-order valence-electron chi connectivity index (χ0n) is 16.8. The molecule has 0 aromatic carbocycles. The maximum Gasteiger partial charge on any atom is 0.407 e. The molecule has 0 aliphatic heterocycles. The Kier molecular flexibility index (Phi) is 7.85. The van der Waals surface area contributed by atoms with Crippen LogP contribution in [-0.2, 0) is 21.8 Å². The Morgan fingerprint density at radius 2 is 1.70 bits per heavy atom. The summed E-state index contributed by atoms with van der Waals surface area (Å²) < 4.78 is 33.0. The van der Waals surface area contributed by atoms with Gasteiger partial charge in [-0.2, -0.15) is 4.31 Å². The Hall–Kier alpha value is -2.07. The number of carbonyl (C=O) groups excluding carboxylic acids is 2. The van der Waals surface area contributed by atoms with Gasteiger partial charge in [-0.15, -0.1) is 0 Å². The van der Waals surface area contributed by atoms with Crippen LogP contribution >= 0.6 is 0 Å². The van der Waals surface area contributed by atoms with Gasteiger partial charge in [-0.05, 0) is 26.8 Å². The maximum absolute atomic E-state index is 12.6. The van der Waals surface area contributed by atoms with E-state index in [0.717, 1.165) is 0 Å². The lowest BCUT2D eigenvalue weighted by molar-refractivity contribution is 0.0526. The average molecular weight is 403 g/mol. The van der Waals surface area contributed by atoms with Gasteiger partial charge in [0.15, 0.2) is 0 Å². The summed E-state index contributed by atoms with van der Waals surface area (Å²) in [6.45, 7) is 9.87. The van der Waals surface area contributed by atoms with Crippen LogP contribution in [0.2, 0.25) is 0 Å². The van der Waals surface area contributed by atoms with E-state index < -0.39 is 27.6 Å². The topological polar surface area (TPSA) is 110 Å². The molecule has 1 rings (SSSR count). The number of alkyl carbamates (subject to hydrolysis) is 1. The number of nitrogens with zero attached hydrogens (tertiary/aromatic N) is 2. The van der Waals surface area contributed by atoms with Crippen molar-refractivity contribution in [2.24, 2.45) is 7.05 Å². The van der Waals surface area contributed by atoms with E-state index in [0.29, 0.717) is 13.1 Å². The van der Waals surface area contributed by atoms with Crippen molar-refractivity contribution in [3.63, 3.8) is 0 Å². The van der Waals surface area contributed by atoms with Crippen molar-refractivity contribution >= 4 is 22.0 Å². The number of ether oxygens (including phenoxy) is 1. The third kappa shape index (κ3) is 6.55. The Bertz CT molecular complexity index is 761. The molecule has 0 aliphatic rings. The summed E-state index contributed by atoms with van der Waals surface area (Å²) in [6, 6.07) is 1.35. The average Bonchev–Trinajstić information content (AvgIpc) is 2.93. The summed E-state index contributed by atoms with van der Waals surface area (Å²) in [7, 11) is -2.02. The molecular weight excluding hydrogens is 372 g/mol. The van der Waals surface area contributed by atoms with Crippen molar-refractivity contribution in [2.75, 3.05) is 26.2 Å². The molecule has 1 aromatic rings. The lowest BCUT2D eigenvalue weighted by Crippen LogP contribution is -2.38. The zero-order valence-corrected chi connectivity index (χ0v) is 17.6. The van der Waals surface area contributed by atoms with Gasteiger partial charge in [0.1, 0.15) is 16.2 Å². The number of rotatable bonds is 8. The first kappa shape index (κ1) is 23.0. The van der Waals surface area contributed by atoms with E-state index >= 15 is 0 Å². The third-order valence-electron chi connectivity index (χ3n) is 3.63. The van der Waals surface area contributed by atoms with E-state index in [2.05, 4.69) is 10.6 Å². The molecule has 0 bridgehead atoms. The van der Waals surface area contributed by atoms with Gasteiger partial charge in [0.2, 0.25) is 10.0 Å². The molecule has 0 spiro atoms. The molecule has 2 N–H and O–H groups in total. The van der Waals surface area contributed by atoms with E-state index in [1.807, 2.05) is 0 Å². The Balaban J connectivity index is 2.67. The number of sulfonamides is 1. The fourth-order valence-corrected chi connectivity index (χ4v) is 3.89. The van der Waals surface area contributed by atoms with E-state index in [4.69, 9.17) is 4.74 Å². The largest absolute Gasteiger partial charge is 0.444 e. The number of hydrogen-bond donors (Lipinski definition) is 2. The van der Waals surface area contributed by atoms with Crippen LogP contribution < -0.4 is 10.6 Å². The van der Waals surface area contributed by atoms with Crippen LogP contribution in [0.5, 0.6) is 0 Å². The van der Waals surface area contributed by atoms with E-state index in [1.165, 1.54) is 21.1 Å². The minimum absolute atomic E-state index is 0.0747. The summed E-state index contributed by atoms with van der Waals surface area (Å²) >= 11 is 0. The zero-order chi connectivity index (χ0) is 20.8. The molecule has 0 fully saturated rings. The molecule has 0 atom stereocenters. The SMILES string of the molecule is CCN(CC)S(=O)(=O)c1cc(C(=O)NCCNC(=O)OC(C)(C)C)n(C)c1. The van der Waals surface area contributed by atoms with Crippen molar-refractivity contribution < 1.29 is 22.7 Å². The summed E-state index contributed by atoms with van der Waals surface area (Å²) in [5.41, 5.74) is -0.374. The Morgan fingerprint density at radius 1 is 1.15 bits per heavy atom. The van der Waals surface area contributed by atoms with Crippen molar-refractivity contribution in [2.45, 2.75) is 45.1 Å². The summed E-state index contributed by atoms with van der Waals surface area (Å²) in [5.74, 6) is -0.426. The molecule has 0 aliphatic carbocycles. The number of aromatic nitrogens is 1. The summed E-state index contributed by atoms with van der Waals surface area (Å²) in [6.07, 6.45) is 0.852. The van der Waals surface area contributed by atoms with Gasteiger partial charge >= 0.3 is 6.09 Å². The van der Waals surface area contributed by atoms with Crippen LogP contribution in [0, 0.1) is 0 Å². The van der Waals surface area contributed by atoms with Crippen molar-refractivity contribution in [1.82, 2.24) is 19.5 Å². The van der Waals surface area contributed by atoms with Crippen molar-refractivity contribution in [3.05, 3.63) is 18.0 Å². The molecule has 27 heavy (non-hydrogen) atoms. The lowest BCUT2D eigenvalue weighted by Gasteiger charge is -2.19. The van der Waals surface area contributed by atoms with Gasteiger partial charge in [-0.3, -0.25) is 4.79 Å². The molecule has 2 amide bonds. The van der Waals surface area contributed by atoms with E-state index in [1.54, 1.807) is 41.7 Å². The van der Waals surface area contributed by atoms with Crippen LogP contribution in [0.4, 0.5) is 4.79 Å². The molecular formula is C17H30N4O5S. The first-order chi connectivity index (χ1) is 12.4. The van der Waals surface area contributed by atoms with Gasteiger partial charge in [0.25, 0.3) is 5.91 Å². The second-order valence-corrected chi connectivity index (χ2v) is 8.88. The number of hydrogen-bond acceptors (Lipinski definition) is 5. The normalized spacial score (nSPS) is 12.1. The molecule has 10 heteroatoms. The fraction of sp³-hybridized carbons (Fsp3) is 0.647. The first-order valence-electron chi connectivity index (χ1n) is 8.84. The van der Waals surface area contributed by atoms with Crippen molar-refractivity contribution in [3.8, 4) is 0 Å². The molecule has 0 unspecified atom stereocenters. The Morgan fingerprint density at radius 3 is 2.22 bits per heavy atom. The number of nitrogens with one attached hydrogen (secondary N) is 2. The second-order valence-electron chi connectivity index (χ2n) is 6.95. The maximum atomic E-state index is 12.6. The molecule has 154 valence electrons. The van der Waals surface area contributed by atoms with Crippen LogP contribution in [0.1, 0.15) is 45.1 Å². The number of aryl methyl sites for hydroxylation is 1.